The van der Waals surface area contributed by atoms with E-state index in [1.165, 1.54) is 13.2 Å². The Morgan fingerprint density at radius 1 is 0.885 bits per heavy atom. The zero-order chi connectivity index (χ0) is 18.1. The summed E-state index contributed by atoms with van der Waals surface area (Å²) in [5.41, 5.74) is 1.32. The number of methoxy groups -OCH3 is 1. The van der Waals surface area contributed by atoms with Gasteiger partial charge in [-0.05, 0) is 24.3 Å². The molecule has 2 aromatic heterocycles. The van der Waals surface area contributed by atoms with Crippen molar-refractivity contribution in [3.05, 3.63) is 67.0 Å². The molecule has 26 heavy (non-hydrogen) atoms. The van der Waals surface area contributed by atoms with Gasteiger partial charge in [0.1, 0.15) is 10.6 Å². The molecular formula is C19H15N3O3S. The minimum Gasteiger partial charge on any atom is -0.497 e. The predicted molar refractivity (Wildman–Crippen MR) is 101 cm³/mol. The fourth-order valence-electron chi connectivity index (χ4n) is 2.85. The van der Waals surface area contributed by atoms with E-state index in [1.54, 1.807) is 42.7 Å². The molecule has 0 spiro atoms. The number of hydrogen-bond donors (Lipinski definition) is 1. The number of para-hydroxylation sites is 1. The van der Waals surface area contributed by atoms with Gasteiger partial charge in [0.25, 0.3) is 10.0 Å². The molecule has 2 aromatic carbocycles. The van der Waals surface area contributed by atoms with Gasteiger partial charge in [-0.2, -0.15) is 0 Å². The molecule has 1 N–H and O–H groups in total. The van der Waals surface area contributed by atoms with Crippen LogP contribution >= 0.6 is 0 Å². The molecule has 0 atom stereocenters. The SMILES string of the molecule is COc1cc(NS(=O)(=O)c2cccc3cccnc23)c2ncccc2c1. The minimum absolute atomic E-state index is 0.113. The van der Waals surface area contributed by atoms with E-state index < -0.39 is 10.0 Å². The first kappa shape index (κ1) is 16.3. The fraction of sp³-hybridized carbons (Fsp3) is 0.0526. The van der Waals surface area contributed by atoms with Crippen molar-refractivity contribution < 1.29 is 13.2 Å². The zero-order valence-electron chi connectivity index (χ0n) is 13.9. The Labute approximate surface area is 150 Å². The van der Waals surface area contributed by atoms with Crippen LogP contribution in [0.25, 0.3) is 21.8 Å². The average molecular weight is 365 g/mol. The number of pyridine rings is 2. The number of sulfonamides is 1. The Morgan fingerprint density at radius 3 is 2.35 bits per heavy atom. The van der Waals surface area contributed by atoms with E-state index in [9.17, 15) is 8.42 Å². The standard InChI is InChI=1S/C19H15N3O3S/c1-25-15-11-14-7-4-9-20-18(14)16(12-15)22-26(23,24)17-8-2-5-13-6-3-10-21-19(13)17/h2-12,22H,1H3. The molecule has 0 aliphatic heterocycles. The van der Waals surface area contributed by atoms with E-state index in [4.69, 9.17) is 4.74 Å². The summed E-state index contributed by atoms with van der Waals surface area (Å²) in [6.45, 7) is 0. The topological polar surface area (TPSA) is 81.2 Å². The highest BCUT2D eigenvalue weighted by Crippen LogP contribution is 2.30. The summed E-state index contributed by atoms with van der Waals surface area (Å²) in [6.07, 6.45) is 3.19. The number of benzene rings is 2. The summed E-state index contributed by atoms with van der Waals surface area (Å²) in [6, 6.07) is 15.7. The van der Waals surface area contributed by atoms with Crippen molar-refractivity contribution in [2.45, 2.75) is 4.90 Å². The Balaban J connectivity index is 1.87. The first-order valence-electron chi connectivity index (χ1n) is 7.88. The average Bonchev–Trinajstić information content (AvgIpc) is 2.67. The number of nitrogens with zero attached hydrogens (tertiary/aromatic N) is 2. The van der Waals surface area contributed by atoms with E-state index in [0.29, 0.717) is 22.5 Å². The third-order valence-electron chi connectivity index (χ3n) is 4.04. The van der Waals surface area contributed by atoms with E-state index in [-0.39, 0.29) is 4.90 Å². The van der Waals surface area contributed by atoms with Gasteiger partial charge in [-0.3, -0.25) is 14.7 Å². The zero-order valence-corrected chi connectivity index (χ0v) is 14.7. The van der Waals surface area contributed by atoms with E-state index in [0.717, 1.165) is 10.8 Å². The third-order valence-corrected chi connectivity index (χ3v) is 5.44. The maximum Gasteiger partial charge on any atom is 0.264 e. The number of ether oxygens (including phenoxy) is 1. The molecule has 6 nitrogen and oxygen atoms in total. The molecule has 7 heteroatoms. The third kappa shape index (κ3) is 2.82. The summed E-state index contributed by atoms with van der Waals surface area (Å²) < 4.78 is 34.0. The lowest BCUT2D eigenvalue weighted by Crippen LogP contribution is -2.14. The molecule has 0 bridgehead atoms. The molecule has 0 fully saturated rings. The number of hydrogen-bond acceptors (Lipinski definition) is 5. The van der Waals surface area contributed by atoms with Crippen molar-refractivity contribution in [2.24, 2.45) is 0 Å². The Kier molecular flexibility index (Phi) is 3.93. The predicted octanol–water partition coefficient (Wildman–Crippen LogP) is 3.59. The number of nitrogens with one attached hydrogen (secondary N) is 1. The van der Waals surface area contributed by atoms with E-state index in [1.807, 2.05) is 18.2 Å². The summed E-state index contributed by atoms with van der Waals surface area (Å²) in [5, 5.41) is 1.53. The van der Waals surface area contributed by atoms with E-state index in [2.05, 4.69) is 14.7 Å². The largest absolute Gasteiger partial charge is 0.497 e. The van der Waals surface area contributed by atoms with Crippen LogP contribution in [0, 0.1) is 0 Å². The number of fused-ring (bicyclic) bond motifs is 2. The van der Waals surface area contributed by atoms with Gasteiger partial charge in [-0.1, -0.05) is 24.3 Å². The highest BCUT2D eigenvalue weighted by molar-refractivity contribution is 7.93. The normalized spacial score (nSPS) is 11.6. The molecule has 0 amide bonds. The Hall–Kier alpha value is -3.19. The van der Waals surface area contributed by atoms with Gasteiger partial charge in [0.15, 0.2) is 0 Å². The molecule has 4 rings (SSSR count). The van der Waals surface area contributed by atoms with Crippen molar-refractivity contribution in [3.8, 4) is 5.75 Å². The lowest BCUT2D eigenvalue weighted by molar-refractivity contribution is 0.415. The quantitative estimate of drug-likeness (QED) is 0.598. The second kappa shape index (κ2) is 6.27. The van der Waals surface area contributed by atoms with Crippen LogP contribution in [0.3, 0.4) is 0 Å². The molecule has 4 aromatic rings. The van der Waals surface area contributed by atoms with E-state index >= 15 is 0 Å². The molecular weight excluding hydrogens is 350 g/mol. The van der Waals surface area contributed by atoms with Gasteiger partial charge in [0.2, 0.25) is 0 Å². The van der Waals surface area contributed by atoms with Gasteiger partial charge in [-0.15, -0.1) is 0 Å². The van der Waals surface area contributed by atoms with Crippen LogP contribution in [0.5, 0.6) is 5.75 Å². The number of aromatic nitrogens is 2. The molecule has 0 radical (unpaired) electrons. The van der Waals surface area contributed by atoms with Gasteiger partial charge >= 0.3 is 0 Å². The van der Waals surface area contributed by atoms with Crippen LogP contribution in [0.2, 0.25) is 0 Å². The summed E-state index contributed by atoms with van der Waals surface area (Å²) in [7, 11) is -2.33. The van der Waals surface area contributed by atoms with Crippen molar-refractivity contribution in [1.29, 1.82) is 0 Å². The molecule has 0 unspecified atom stereocenters. The number of rotatable bonds is 4. The van der Waals surface area contributed by atoms with Crippen molar-refractivity contribution in [3.63, 3.8) is 0 Å². The monoisotopic (exact) mass is 365 g/mol. The van der Waals surface area contributed by atoms with Crippen LogP contribution in [-0.4, -0.2) is 25.5 Å². The Morgan fingerprint density at radius 2 is 1.58 bits per heavy atom. The molecule has 2 heterocycles. The van der Waals surface area contributed by atoms with Crippen molar-refractivity contribution >= 4 is 37.5 Å². The lowest BCUT2D eigenvalue weighted by Gasteiger charge is -2.13. The summed E-state index contributed by atoms with van der Waals surface area (Å²) in [4.78, 5) is 8.64. The summed E-state index contributed by atoms with van der Waals surface area (Å²) >= 11 is 0. The second-order valence-electron chi connectivity index (χ2n) is 5.69. The van der Waals surface area contributed by atoms with Crippen LogP contribution in [0.4, 0.5) is 5.69 Å². The van der Waals surface area contributed by atoms with Gasteiger partial charge in [0, 0.05) is 29.2 Å². The molecule has 0 aliphatic carbocycles. The highest BCUT2D eigenvalue weighted by atomic mass is 32.2. The van der Waals surface area contributed by atoms with Crippen molar-refractivity contribution in [1.82, 2.24) is 9.97 Å². The Bertz CT molecular complexity index is 1220. The van der Waals surface area contributed by atoms with Crippen molar-refractivity contribution in [2.75, 3.05) is 11.8 Å². The first-order chi connectivity index (χ1) is 12.6. The highest BCUT2D eigenvalue weighted by Gasteiger charge is 2.20. The van der Waals surface area contributed by atoms with Gasteiger partial charge in [-0.25, -0.2) is 8.42 Å². The van der Waals surface area contributed by atoms with Gasteiger partial charge < -0.3 is 4.74 Å². The number of anilines is 1. The smallest absolute Gasteiger partial charge is 0.264 e. The van der Waals surface area contributed by atoms with Crippen LogP contribution < -0.4 is 9.46 Å². The molecule has 130 valence electrons. The second-order valence-corrected chi connectivity index (χ2v) is 7.34. The first-order valence-corrected chi connectivity index (χ1v) is 9.36. The molecule has 0 saturated carbocycles. The molecule has 0 saturated heterocycles. The summed E-state index contributed by atoms with van der Waals surface area (Å²) in [5.74, 6) is 0.541. The van der Waals surface area contributed by atoms with Crippen LogP contribution in [0.15, 0.2) is 71.9 Å². The van der Waals surface area contributed by atoms with Crippen LogP contribution in [0.1, 0.15) is 0 Å². The lowest BCUT2D eigenvalue weighted by atomic mass is 10.2. The maximum atomic E-state index is 13.0. The fourth-order valence-corrected chi connectivity index (χ4v) is 4.09. The molecule has 0 aliphatic rings. The van der Waals surface area contributed by atoms with Gasteiger partial charge in [0.05, 0.1) is 23.8 Å². The maximum absolute atomic E-state index is 13.0. The van der Waals surface area contributed by atoms with Crippen LogP contribution in [-0.2, 0) is 10.0 Å². The minimum atomic E-state index is -3.86.